The lowest BCUT2D eigenvalue weighted by molar-refractivity contribution is 0.0736. The van der Waals surface area contributed by atoms with Crippen molar-refractivity contribution in [2.24, 2.45) is 0 Å². The van der Waals surface area contributed by atoms with E-state index in [0.717, 1.165) is 42.4 Å². The normalized spacial score (nSPS) is 14.5. The average molecular weight is 330 g/mol. The Kier molecular flexibility index (Phi) is 4.85. The number of fused-ring (bicyclic) bond motifs is 1. The zero-order chi connectivity index (χ0) is 17.3. The Morgan fingerprint density at radius 3 is 2.79 bits per heavy atom. The van der Waals surface area contributed by atoms with Crippen molar-refractivity contribution in [3.05, 3.63) is 23.5 Å². The van der Waals surface area contributed by atoms with E-state index in [1.165, 1.54) is 0 Å². The van der Waals surface area contributed by atoms with Gasteiger partial charge < -0.3 is 10.0 Å². The summed E-state index contributed by atoms with van der Waals surface area (Å²) in [6, 6.07) is 2.51. The summed E-state index contributed by atoms with van der Waals surface area (Å²) in [5, 5.41) is 14.3. The number of carbonyl (C=O) groups is 1. The van der Waals surface area contributed by atoms with E-state index in [0.29, 0.717) is 18.2 Å². The molecular formula is C18H26N4O2. The molecule has 0 saturated heterocycles. The minimum Gasteiger partial charge on any atom is -0.396 e. The van der Waals surface area contributed by atoms with Crippen molar-refractivity contribution in [1.82, 2.24) is 19.7 Å². The highest BCUT2D eigenvalue weighted by Gasteiger charge is 2.33. The Hall–Kier alpha value is -1.95. The van der Waals surface area contributed by atoms with Crippen LogP contribution < -0.4 is 0 Å². The van der Waals surface area contributed by atoms with Crippen LogP contribution in [0.2, 0.25) is 0 Å². The number of nitrogens with zero attached hydrogens (tertiary/aromatic N) is 4. The van der Waals surface area contributed by atoms with Gasteiger partial charge in [0.25, 0.3) is 5.91 Å². The van der Waals surface area contributed by atoms with E-state index in [4.69, 9.17) is 5.11 Å². The van der Waals surface area contributed by atoms with Crippen molar-refractivity contribution in [3.63, 3.8) is 0 Å². The fourth-order valence-electron chi connectivity index (χ4n) is 3.04. The van der Waals surface area contributed by atoms with Gasteiger partial charge in [0.05, 0.1) is 17.5 Å². The molecular weight excluding hydrogens is 304 g/mol. The van der Waals surface area contributed by atoms with Crippen LogP contribution in [0.4, 0.5) is 0 Å². The summed E-state index contributed by atoms with van der Waals surface area (Å²) in [6.45, 7) is 6.90. The van der Waals surface area contributed by atoms with Gasteiger partial charge >= 0.3 is 0 Å². The van der Waals surface area contributed by atoms with Crippen LogP contribution in [0.1, 0.15) is 61.6 Å². The summed E-state index contributed by atoms with van der Waals surface area (Å²) in [7, 11) is 0. The molecule has 2 heterocycles. The van der Waals surface area contributed by atoms with E-state index < -0.39 is 0 Å². The number of hydrogen-bond acceptors (Lipinski definition) is 4. The summed E-state index contributed by atoms with van der Waals surface area (Å²) >= 11 is 0. The molecule has 1 N–H and O–H groups in total. The van der Waals surface area contributed by atoms with Crippen LogP contribution in [-0.4, -0.2) is 49.9 Å². The Bertz CT molecular complexity index is 734. The molecule has 0 bridgehead atoms. The van der Waals surface area contributed by atoms with E-state index in [1.807, 2.05) is 22.6 Å². The molecule has 1 aliphatic carbocycles. The van der Waals surface area contributed by atoms with Crippen LogP contribution in [0.3, 0.4) is 0 Å². The van der Waals surface area contributed by atoms with Crippen molar-refractivity contribution in [1.29, 1.82) is 0 Å². The number of unbranched alkanes of at least 4 members (excludes halogenated alkanes) is 1. The van der Waals surface area contributed by atoms with Gasteiger partial charge in [0, 0.05) is 30.6 Å². The third-order valence-corrected chi connectivity index (χ3v) is 4.53. The largest absolute Gasteiger partial charge is 0.396 e. The van der Waals surface area contributed by atoms with Gasteiger partial charge in [-0.05, 0) is 52.5 Å². The first-order valence-electron chi connectivity index (χ1n) is 8.79. The molecule has 2 aromatic heterocycles. The molecule has 1 aliphatic rings. The molecule has 0 spiro atoms. The quantitative estimate of drug-likeness (QED) is 0.792. The summed E-state index contributed by atoms with van der Waals surface area (Å²) < 4.78 is 1.89. The van der Waals surface area contributed by atoms with E-state index in [2.05, 4.69) is 23.9 Å². The van der Waals surface area contributed by atoms with Gasteiger partial charge in [-0.3, -0.25) is 4.79 Å². The summed E-state index contributed by atoms with van der Waals surface area (Å²) in [5.41, 5.74) is 2.25. The Morgan fingerprint density at radius 2 is 2.17 bits per heavy atom. The molecule has 24 heavy (non-hydrogen) atoms. The standard InChI is InChI=1S/C18H26N4O2/c1-12(2)22-17-14(11-19-22)10-16(13(3)20-17)18(24)21(15-6-7-15)8-4-5-9-23/h10-12,15,23H,4-9H2,1-3H3. The minimum absolute atomic E-state index is 0.0552. The molecule has 1 fully saturated rings. The molecule has 0 radical (unpaired) electrons. The fraction of sp³-hybridized carbons (Fsp3) is 0.611. The van der Waals surface area contributed by atoms with Crippen LogP contribution in [0.15, 0.2) is 12.3 Å². The number of aromatic nitrogens is 3. The van der Waals surface area contributed by atoms with Gasteiger partial charge in [0.1, 0.15) is 0 Å². The van der Waals surface area contributed by atoms with Gasteiger partial charge in [-0.25, -0.2) is 9.67 Å². The van der Waals surface area contributed by atoms with Crippen LogP contribution in [0, 0.1) is 6.92 Å². The molecule has 0 unspecified atom stereocenters. The second-order valence-electron chi connectivity index (χ2n) is 6.88. The Balaban J connectivity index is 1.89. The molecule has 1 saturated carbocycles. The second-order valence-corrected chi connectivity index (χ2v) is 6.88. The second kappa shape index (κ2) is 6.89. The van der Waals surface area contributed by atoms with E-state index in [9.17, 15) is 4.79 Å². The van der Waals surface area contributed by atoms with Crippen molar-refractivity contribution in [3.8, 4) is 0 Å². The first kappa shape index (κ1) is 16.9. The molecule has 1 amide bonds. The summed E-state index contributed by atoms with van der Waals surface area (Å²) in [5.74, 6) is 0.0552. The molecule has 3 rings (SSSR count). The lowest BCUT2D eigenvalue weighted by Gasteiger charge is -2.23. The highest BCUT2D eigenvalue weighted by atomic mass is 16.3. The molecule has 130 valence electrons. The highest BCUT2D eigenvalue weighted by molar-refractivity contribution is 5.98. The first-order chi connectivity index (χ1) is 11.5. The maximum Gasteiger partial charge on any atom is 0.255 e. The SMILES string of the molecule is Cc1nc2c(cnn2C(C)C)cc1C(=O)N(CCCCO)C1CC1. The lowest BCUT2D eigenvalue weighted by Crippen LogP contribution is -2.34. The fourth-order valence-corrected chi connectivity index (χ4v) is 3.04. The van der Waals surface area contributed by atoms with Crippen molar-refractivity contribution < 1.29 is 9.90 Å². The number of aliphatic hydroxyl groups is 1. The molecule has 0 aliphatic heterocycles. The number of rotatable bonds is 7. The number of aliphatic hydroxyl groups excluding tert-OH is 1. The number of carbonyl (C=O) groups excluding carboxylic acids is 1. The molecule has 6 nitrogen and oxygen atoms in total. The van der Waals surface area contributed by atoms with Crippen molar-refractivity contribution in [2.75, 3.05) is 13.2 Å². The first-order valence-corrected chi connectivity index (χ1v) is 8.79. The Labute approximate surface area is 142 Å². The van der Waals surface area contributed by atoms with Crippen LogP contribution in [-0.2, 0) is 0 Å². The van der Waals surface area contributed by atoms with E-state index in [-0.39, 0.29) is 18.6 Å². The topological polar surface area (TPSA) is 71.2 Å². The number of hydrogen-bond donors (Lipinski definition) is 1. The van der Waals surface area contributed by atoms with Gasteiger partial charge in [-0.15, -0.1) is 0 Å². The average Bonchev–Trinajstić information content (AvgIpc) is 3.29. The third-order valence-electron chi connectivity index (χ3n) is 4.53. The van der Waals surface area contributed by atoms with E-state index in [1.54, 1.807) is 6.20 Å². The summed E-state index contributed by atoms with van der Waals surface area (Å²) in [6.07, 6.45) is 5.49. The predicted molar refractivity (Wildman–Crippen MR) is 93.0 cm³/mol. The predicted octanol–water partition coefficient (Wildman–Crippen LogP) is 2.70. The zero-order valence-corrected chi connectivity index (χ0v) is 14.7. The molecule has 0 aromatic carbocycles. The Morgan fingerprint density at radius 1 is 1.42 bits per heavy atom. The molecule has 6 heteroatoms. The maximum atomic E-state index is 13.0. The van der Waals surface area contributed by atoms with Gasteiger partial charge in [-0.1, -0.05) is 0 Å². The monoisotopic (exact) mass is 330 g/mol. The van der Waals surface area contributed by atoms with Crippen molar-refractivity contribution in [2.45, 2.75) is 58.5 Å². The van der Waals surface area contributed by atoms with Gasteiger partial charge in [0.15, 0.2) is 5.65 Å². The molecule has 2 aromatic rings. The number of aryl methyl sites for hydroxylation is 1. The molecule has 0 atom stereocenters. The van der Waals surface area contributed by atoms with Crippen LogP contribution in [0.25, 0.3) is 11.0 Å². The van der Waals surface area contributed by atoms with Crippen LogP contribution >= 0.6 is 0 Å². The van der Waals surface area contributed by atoms with Crippen LogP contribution in [0.5, 0.6) is 0 Å². The minimum atomic E-state index is 0.0552. The van der Waals surface area contributed by atoms with Crippen molar-refractivity contribution >= 4 is 16.9 Å². The van der Waals surface area contributed by atoms with Gasteiger partial charge in [-0.2, -0.15) is 5.10 Å². The zero-order valence-electron chi connectivity index (χ0n) is 14.7. The lowest BCUT2D eigenvalue weighted by atomic mass is 10.1. The van der Waals surface area contributed by atoms with E-state index >= 15 is 0 Å². The maximum absolute atomic E-state index is 13.0. The highest BCUT2D eigenvalue weighted by Crippen LogP contribution is 2.30. The summed E-state index contributed by atoms with van der Waals surface area (Å²) in [4.78, 5) is 19.6. The number of amides is 1. The third kappa shape index (κ3) is 3.29. The smallest absolute Gasteiger partial charge is 0.255 e. The number of pyridine rings is 1. The van der Waals surface area contributed by atoms with Gasteiger partial charge in [0.2, 0.25) is 0 Å².